The first-order valence-corrected chi connectivity index (χ1v) is 6.35. The molecule has 0 radical (unpaired) electrons. The van der Waals surface area contributed by atoms with E-state index in [9.17, 15) is 13.6 Å². The maximum atomic E-state index is 13.7. The molecule has 110 valence electrons. The van der Waals surface area contributed by atoms with E-state index in [1.54, 1.807) is 6.07 Å². The van der Waals surface area contributed by atoms with Crippen molar-refractivity contribution in [3.63, 3.8) is 0 Å². The zero-order valence-electron chi connectivity index (χ0n) is 11.1. The summed E-state index contributed by atoms with van der Waals surface area (Å²) in [5.74, 6) is 4.06. The van der Waals surface area contributed by atoms with Gasteiger partial charge in [0, 0.05) is 17.3 Å². The van der Waals surface area contributed by atoms with Crippen molar-refractivity contribution in [1.82, 2.24) is 15.3 Å². The molecular weight excluding hydrogens is 292 g/mol. The molecule has 0 unspecified atom stereocenters. The molecule has 0 saturated carbocycles. The summed E-state index contributed by atoms with van der Waals surface area (Å²) < 4.78 is 31.4. The first-order valence-electron chi connectivity index (χ1n) is 6.35. The molecule has 3 heterocycles. The SMILES string of the molecule is O=C1N[C@H](c2cc(C#Cc3cccc(F)n3)cnc2F)CO1. The Bertz CT molecular complexity index is 799. The fourth-order valence-corrected chi connectivity index (χ4v) is 1.94. The number of carbonyl (C=O) groups is 1. The number of halogens is 2. The molecule has 7 heteroatoms. The van der Waals surface area contributed by atoms with Crippen LogP contribution in [0.25, 0.3) is 0 Å². The van der Waals surface area contributed by atoms with E-state index >= 15 is 0 Å². The van der Waals surface area contributed by atoms with Crippen LogP contribution in [0, 0.1) is 23.7 Å². The van der Waals surface area contributed by atoms with Crippen molar-refractivity contribution in [3.8, 4) is 11.8 Å². The average Bonchev–Trinajstić information content (AvgIpc) is 2.93. The van der Waals surface area contributed by atoms with Crippen LogP contribution in [-0.2, 0) is 4.74 Å². The van der Waals surface area contributed by atoms with Crippen LogP contribution in [0.1, 0.15) is 22.9 Å². The van der Waals surface area contributed by atoms with Gasteiger partial charge in [0.25, 0.3) is 0 Å². The first kappa shape index (κ1) is 13.9. The first-order chi connectivity index (χ1) is 10.6. The lowest BCUT2D eigenvalue weighted by Crippen LogP contribution is -2.19. The standard InChI is InChI=1S/C15H9F2N3O2/c16-13-3-1-2-10(19-13)5-4-9-6-11(14(17)18-7-9)12-8-22-15(21)20-12/h1-3,6-7,12H,8H2,(H,20,21)/t12-/m0/s1. The molecule has 2 aromatic heterocycles. The van der Waals surface area contributed by atoms with Crippen molar-refractivity contribution in [1.29, 1.82) is 0 Å². The predicted octanol–water partition coefficient (Wildman–Crippen LogP) is 1.94. The molecule has 0 spiro atoms. The Kier molecular flexibility index (Phi) is 3.66. The van der Waals surface area contributed by atoms with Gasteiger partial charge in [0.1, 0.15) is 12.3 Å². The zero-order valence-corrected chi connectivity index (χ0v) is 11.1. The number of pyridine rings is 2. The predicted molar refractivity (Wildman–Crippen MR) is 71.6 cm³/mol. The Hall–Kier alpha value is -3.01. The van der Waals surface area contributed by atoms with Gasteiger partial charge in [-0.25, -0.2) is 14.8 Å². The number of carbonyl (C=O) groups excluding carboxylic acids is 1. The maximum Gasteiger partial charge on any atom is 0.407 e. The molecule has 1 saturated heterocycles. The number of hydrogen-bond donors (Lipinski definition) is 1. The third kappa shape index (κ3) is 3.01. The quantitative estimate of drug-likeness (QED) is 0.646. The van der Waals surface area contributed by atoms with E-state index in [1.807, 2.05) is 0 Å². The molecule has 1 amide bonds. The second-order valence-electron chi connectivity index (χ2n) is 4.49. The van der Waals surface area contributed by atoms with Crippen LogP contribution in [0.4, 0.5) is 13.6 Å². The van der Waals surface area contributed by atoms with Gasteiger partial charge >= 0.3 is 6.09 Å². The molecule has 22 heavy (non-hydrogen) atoms. The molecular formula is C15H9F2N3O2. The Morgan fingerprint density at radius 2 is 2.18 bits per heavy atom. The number of ether oxygens (including phenoxy) is 1. The molecule has 2 aromatic rings. The van der Waals surface area contributed by atoms with Crippen molar-refractivity contribution in [2.24, 2.45) is 0 Å². The van der Waals surface area contributed by atoms with Crippen LogP contribution in [0.2, 0.25) is 0 Å². The minimum atomic E-state index is -0.703. The molecule has 1 atom stereocenters. The molecule has 1 aliphatic heterocycles. The lowest BCUT2D eigenvalue weighted by molar-refractivity contribution is 0.176. The molecule has 0 aromatic carbocycles. The number of alkyl carbamates (subject to hydrolysis) is 1. The number of rotatable bonds is 1. The van der Waals surface area contributed by atoms with Crippen molar-refractivity contribution in [2.75, 3.05) is 6.61 Å². The van der Waals surface area contributed by atoms with Crippen LogP contribution in [-0.4, -0.2) is 22.7 Å². The maximum absolute atomic E-state index is 13.7. The van der Waals surface area contributed by atoms with Crippen LogP contribution in [0.15, 0.2) is 30.5 Å². The van der Waals surface area contributed by atoms with Gasteiger partial charge in [0.15, 0.2) is 0 Å². The minimum Gasteiger partial charge on any atom is -0.447 e. The third-order valence-corrected chi connectivity index (χ3v) is 2.96. The van der Waals surface area contributed by atoms with E-state index in [0.29, 0.717) is 5.56 Å². The Labute approximate surface area is 124 Å². The highest BCUT2D eigenvalue weighted by atomic mass is 19.1. The van der Waals surface area contributed by atoms with Gasteiger partial charge in [-0.05, 0) is 24.1 Å². The highest BCUT2D eigenvalue weighted by Gasteiger charge is 2.26. The second kappa shape index (κ2) is 5.77. The van der Waals surface area contributed by atoms with E-state index < -0.39 is 24.0 Å². The summed E-state index contributed by atoms with van der Waals surface area (Å²) in [6.45, 7) is 0.0275. The lowest BCUT2D eigenvalue weighted by Gasteiger charge is -2.08. The fourth-order valence-electron chi connectivity index (χ4n) is 1.94. The van der Waals surface area contributed by atoms with Crippen molar-refractivity contribution in [3.05, 3.63) is 59.2 Å². The summed E-state index contributed by atoms with van der Waals surface area (Å²) in [5, 5.41) is 2.47. The van der Waals surface area contributed by atoms with Gasteiger partial charge < -0.3 is 10.1 Å². The second-order valence-corrected chi connectivity index (χ2v) is 4.49. The molecule has 1 fully saturated rings. The van der Waals surface area contributed by atoms with Crippen LogP contribution in [0.3, 0.4) is 0 Å². The summed E-state index contributed by atoms with van der Waals surface area (Å²) >= 11 is 0. The summed E-state index contributed by atoms with van der Waals surface area (Å²) in [5.41, 5.74) is 0.858. The summed E-state index contributed by atoms with van der Waals surface area (Å²) in [6, 6.07) is 5.12. The normalized spacial score (nSPS) is 16.5. The molecule has 0 aliphatic carbocycles. The average molecular weight is 301 g/mol. The van der Waals surface area contributed by atoms with Crippen molar-refractivity contribution in [2.45, 2.75) is 6.04 Å². The number of aromatic nitrogens is 2. The van der Waals surface area contributed by atoms with Gasteiger partial charge in [0.05, 0.1) is 6.04 Å². The third-order valence-electron chi connectivity index (χ3n) is 2.96. The smallest absolute Gasteiger partial charge is 0.407 e. The highest BCUT2D eigenvalue weighted by Crippen LogP contribution is 2.20. The van der Waals surface area contributed by atoms with E-state index in [4.69, 9.17) is 4.74 Å². The fraction of sp³-hybridized carbons (Fsp3) is 0.133. The Morgan fingerprint density at radius 3 is 2.91 bits per heavy atom. The largest absolute Gasteiger partial charge is 0.447 e. The molecule has 3 rings (SSSR count). The van der Waals surface area contributed by atoms with Crippen molar-refractivity contribution < 1.29 is 18.3 Å². The summed E-state index contributed by atoms with van der Waals surface area (Å²) in [7, 11) is 0. The van der Waals surface area contributed by atoms with E-state index in [-0.39, 0.29) is 17.9 Å². The van der Waals surface area contributed by atoms with Gasteiger partial charge in [-0.1, -0.05) is 12.0 Å². The monoisotopic (exact) mass is 301 g/mol. The molecule has 1 N–H and O–H groups in total. The van der Waals surface area contributed by atoms with Gasteiger partial charge in [-0.2, -0.15) is 8.78 Å². The molecule has 1 aliphatic rings. The number of amides is 1. The number of nitrogens with one attached hydrogen (secondary N) is 1. The highest BCUT2D eigenvalue weighted by molar-refractivity contribution is 5.70. The number of cyclic esters (lactones) is 1. The Morgan fingerprint density at radius 1 is 1.32 bits per heavy atom. The Balaban J connectivity index is 1.88. The van der Waals surface area contributed by atoms with Gasteiger partial charge in [-0.15, -0.1) is 0 Å². The lowest BCUT2D eigenvalue weighted by atomic mass is 10.1. The molecule has 0 bridgehead atoms. The van der Waals surface area contributed by atoms with Crippen LogP contribution >= 0.6 is 0 Å². The van der Waals surface area contributed by atoms with E-state index in [1.165, 1.54) is 24.4 Å². The van der Waals surface area contributed by atoms with Crippen LogP contribution in [0.5, 0.6) is 0 Å². The van der Waals surface area contributed by atoms with Crippen molar-refractivity contribution >= 4 is 6.09 Å². The zero-order chi connectivity index (χ0) is 15.5. The number of nitrogens with zero attached hydrogens (tertiary/aromatic N) is 2. The molecule has 5 nitrogen and oxygen atoms in total. The minimum absolute atomic E-state index is 0.0275. The summed E-state index contributed by atoms with van der Waals surface area (Å²) in [4.78, 5) is 18.2. The van der Waals surface area contributed by atoms with Gasteiger partial charge in [-0.3, -0.25) is 0 Å². The summed E-state index contributed by atoms with van der Waals surface area (Å²) in [6.07, 6.45) is 0.646. The topological polar surface area (TPSA) is 64.1 Å². The van der Waals surface area contributed by atoms with E-state index in [0.717, 1.165) is 0 Å². The van der Waals surface area contributed by atoms with Crippen LogP contribution < -0.4 is 5.32 Å². The van der Waals surface area contributed by atoms with Gasteiger partial charge in [0.2, 0.25) is 11.9 Å². The van der Waals surface area contributed by atoms with E-state index in [2.05, 4.69) is 27.1 Å². The number of hydrogen-bond acceptors (Lipinski definition) is 4.